The average Bonchev–Trinajstić information content (AvgIpc) is 2.35. The number of hydrogen-bond donors (Lipinski definition) is 1. The van der Waals surface area contributed by atoms with Crippen LogP contribution in [0.2, 0.25) is 5.02 Å². The summed E-state index contributed by atoms with van der Waals surface area (Å²) < 4.78 is 14.0. The predicted molar refractivity (Wildman–Crippen MR) is 80.8 cm³/mol. The van der Waals surface area contributed by atoms with E-state index in [1.807, 2.05) is 37.3 Å². The van der Waals surface area contributed by atoms with Crippen LogP contribution in [-0.2, 0) is 6.54 Å². The van der Waals surface area contributed by atoms with Crippen molar-refractivity contribution in [3.63, 3.8) is 0 Å². The predicted octanol–water partition coefficient (Wildman–Crippen LogP) is 5.09. The van der Waals surface area contributed by atoms with Gasteiger partial charge in [-0.25, -0.2) is 4.39 Å². The first-order valence-corrected chi connectivity index (χ1v) is 7.16. The standard InChI is InChI=1S/C15H14BrClFN/c1-10(14-4-2-3-5-15(14)17)19-9-11-6-12(16)8-13(18)7-11/h2-8,10,19H,9H2,1H3. The highest BCUT2D eigenvalue weighted by Gasteiger charge is 2.08. The molecule has 0 radical (unpaired) electrons. The molecule has 1 nitrogen and oxygen atoms in total. The van der Waals surface area contributed by atoms with Crippen molar-refractivity contribution in [1.29, 1.82) is 0 Å². The molecule has 1 unspecified atom stereocenters. The monoisotopic (exact) mass is 341 g/mol. The quantitative estimate of drug-likeness (QED) is 0.816. The Morgan fingerprint density at radius 1 is 1.26 bits per heavy atom. The maximum absolute atomic E-state index is 13.3. The molecule has 100 valence electrons. The van der Waals surface area contributed by atoms with E-state index >= 15 is 0 Å². The van der Waals surface area contributed by atoms with E-state index < -0.39 is 0 Å². The molecule has 1 N–H and O–H groups in total. The summed E-state index contributed by atoms with van der Waals surface area (Å²) in [6.07, 6.45) is 0. The van der Waals surface area contributed by atoms with E-state index in [-0.39, 0.29) is 11.9 Å². The summed E-state index contributed by atoms with van der Waals surface area (Å²) in [6, 6.07) is 12.7. The maximum atomic E-state index is 13.3. The van der Waals surface area contributed by atoms with Gasteiger partial charge in [-0.05, 0) is 42.3 Å². The van der Waals surface area contributed by atoms with Crippen LogP contribution in [0, 0.1) is 5.82 Å². The van der Waals surface area contributed by atoms with Crippen molar-refractivity contribution in [1.82, 2.24) is 5.32 Å². The number of halogens is 3. The van der Waals surface area contributed by atoms with Gasteiger partial charge < -0.3 is 5.32 Å². The number of nitrogens with one attached hydrogen (secondary N) is 1. The zero-order valence-corrected chi connectivity index (χ0v) is 12.8. The summed E-state index contributed by atoms with van der Waals surface area (Å²) in [5.41, 5.74) is 1.94. The Morgan fingerprint density at radius 3 is 2.68 bits per heavy atom. The van der Waals surface area contributed by atoms with Crippen LogP contribution in [0.5, 0.6) is 0 Å². The van der Waals surface area contributed by atoms with Gasteiger partial charge in [-0.2, -0.15) is 0 Å². The van der Waals surface area contributed by atoms with Crippen molar-refractivity contribution in [2.45, 2.75) is 19.5 Å². The van der Waals surface area contributed by atoms with Crippen LogP contribution in [-0.4, -0.2) is 0 Å². The van der Waals surface area contributed by atoms with Crippen molar-refractivity contribution in [3.8, 4) is 0 Å². The molecule has 0 amide bonds. The zero-order chi connectivity index (χ0) is 13.8. The third-order valence-electron chi connectivity index (χ3n) is 2.91. The Labute approximate surface area is 125 Å². The lowest BCUT2D eigenvalue weighted by Crippen LogP contribution is -2.18. The van der Waals surface area contributed by atoms with Gasteiger partial charge in [0, 0.05) is 22.1 Å². The van der Waals surface area contributed by atoms with Gasteiger partial charge in [0.15, 0.2) is 0 Å². The Hall–Kier alpha value is -0.900. The normalized spacial score (nSPS) is 12.4. The summed E-state index contributed by atoms with van der Waals surface area (Å²) in [5, 5.41) is 4.08. The molecule has 0 fully saturated rings. The van der Waals surface area contributed by atoms with Gasteiger partial charge in [0.2, 0.25) is 0 Å². The van der Waals surface area contributed by atoms with E-state index in [1.165, 1.54) is 12.1 Å². The molecule has 2 aromatic carbocycles. The molecular formula is C15H14BrClFN. The van der Waals surface area contributed by atoms with Crippen molar-refractivity contribution in [3.05, 3.63) is 68.9 Å². The third kappa shape index (κ3) is 4.03. The Balaban J connectivity index is 2.04. The van der Waals surface area contributed by atoms with Gasteiger partial charge in [-0.1, -0.05) is 45.7 Å². The highest BCUT2D eigenvalue weighted by Crippen LogP contribution is 2.23. The zero-order valence-electron chi connectivity index (χ0n) is 10.5. The van der Waals surface area contributed by atoms with Gasteiger partial charge >= 0.3 is 0 Å². The molecule has 2 rings (SSSR count). The second-order valence-electron chi connectivity index (χ2n) is 4.40. The molecule has 0 saturated heterocycles. The molecule has 2 aromatic rings. The first-order chi connectivity index (χ1) is 9.06. The van der Waals surface area contributed by atoms with E-state index in [2.05, 4.69) is 21.2 Å². The molecule has 1 atom stereocenters. The molecule has 0 bridgehead atoms. The second-order valence-corrected chi connectivity index (χ2v) is 5.72. The molecule has 19 heavy (non-hydrogen) atoms. The van der Waals surface area contributed by atoms with Gasteiger partial charge in [-0.3, -0.25) is 0 Å². The highest BCUT2D eigenvalue weighted by molar-refractivity contribution is 9.10. The largest absolute Gasteiger partial charge is 0.306 e. The van der Waals surface area contributed by atoms with E-state index in [0.29, 0.717) is 6.54 Å². The molecule has 4 heteroatoms. The maximum Gasteiger partial charge on any atom is 0.124 e. The van der Waals surface area contributed by atoms with Crippen LogP contribution in [0.4, 0.5) is 4.39 Å². The van der Waals surface area contributed by atoms with Crippen LogP contribution in [0.25, 0.3) is 0 Å². The number of benzene rings is 2. The topological polar surface area (TPSA) is 12.0 Å². The molecular weight excluding hydrogens is 329 g/mol. The average molecular weight is 343 g/mol. The molecule has 0 spiro atoms. The third-order valence-corrected chi connectivity index (χ3v) is 3.71. The minimum atomic E-state index is -0.239. The fourth-order valence-corrected chi connectivity index (χ4v) is 2.73. The van der Waals surface area contributed by atoms with Crippen LogP contribution >= 0.6 is 27.5 Å². The Bertz CT molecular complexity index is 554. The van der Waals surface area contributed by atoms with Gasteiger partial charge in [-0.15, -0.1) is 0 Å². The van der Waals surface area contributed by atoms with Crippen LogP contribution < -0.4 is 5.32 Å². The van der Waals surface area contributed by atoms with Gasteiger partial charge in [0.1, 0.15) is 5.82 Å². The lowest BCUT2D eigenvalue weighted by atomic mass is 10.1. The fraction of sp³-hybridized carbons (Fsp3) is 0.200. The van der Waals surface area contributed by atoms with E-state index in [1.54, 1.807) is 0 Å². The summed E-state index contributed by atoms with van der Waals surface area (Å²) in [7, 11) is 0. The summed E-state index contributed by atoms with van der Waals surface area (Å²) in [6.45, 7) is 2.62. The van der Waals surface area contributed by atoms with Crippen LogP contribution in [0.15, 0.2) is 46.9 Å². The number of hydrogen-bond acceptors (Lipinski definition) is 1. The first kappa shape index (κ1) is 14.5. The number of rotatable bonds is 4. The minimum absolute atomic E-state index is 0.107. The minimum Gasteiger partial charge on any atom is -0.306 e. The van der Waals surface area contributed by atoms with Crippen molar-refractivity contribution < 1.29 is 4.39 Å². The molecule has 0 saturated carbocycles. The molecule has 0 aliphatic carbocycles. The van der Waals surface area contributed by atoms with E-state index in [4.69, 9.17) is 11.6 Å². The van der Waals surface area contributed by atoms with Crippen molar-refractivity contribution in [2.75, 3.05) is 0 Å². The fourth-order valence-electron chi connectivity index (χ4n) is 1.92. The lowest BCUT2D eigenvalue weighted by Gasteiger charge is -2.16. The molecule has 0 aliphatic rings. The van der Waals surface area contributed by atoms with Gasteiger partial charge in [0.25, 0.3) is 0 Å². The summed E-state index contributed by atoms with van der Waals surface area (Å²) in [5.74, 6) is -0.239. The summed E-state index contributed by atoms with van der Waals surface area (Å²) >= 11 is 9.43. The van der Waals surface area contributed by atoms with Crippen molar-refractivity contribution >= 4 is 27.5 Å². The van der Waals surface area contributed by atoms with E-state index in [9.17, 15) is 4.39 Å². The molecule has 0 aromatic heterocycles. The van der Waals surface area contributed by atoms with Crippen LogP contribution in [0.3, 0.4) is 0 Å². The Kier molecular flexibility index (Phi) is 4.97. The van der Waals surface area contributed by atoms with Gasteiger partial charge in [0.05, 0.1) is 0 Å². The summed E-state index contributed by atoms with van der Waals surface area (Å²) in [4.78, 5) is 0. The smallest absolute Gasteiger partial charge is 0.124 e. The van der Waals surface area contributed by atoms with E-state index in [0.717, 1.165) is 20.6 Å². The second kappa shape index (κ2) is 6.51. The highest BCUT2D eigenvalue weighted by atomic mass is 79.9. The SMILES string of the molecule is CC(NCc1cc(F)cc(Br)c1)c1ccccc1Cl. The molecule has 0 heterocycles. The Morgan fingerprint density at radius 2 is 2.00 bits per heavy atom. The van der Waals surface area contributed by atoms with Crippen molar-refractivity contribution in [2.24, 2.45) is 0 Å². The van der Waals surface area contributed by atoms with Crippen LogP contribution in [0.1, 0.15) is 24.1 Å². The lowest BCUT2D eigenvalue weighted by molar-refractivity contribution is 0.569. The first-order valence-electron chi connectivity index (χ1n) is 5.99. The molecule has 0 aliphatic heterocycles.